The minimum Gasteiger partial charge on any atom is -0.366 e. The van der Waals surface area contributed by atoms with E-state index >= 15 is 0 Å². The molecule has 0 spiro atoms. The molecule has 7 rings (SSSR count). The SMILES string of the molecule is C[C@@H]1C[C@@H]2C(c3cccc(-c4ccccc4)c3)=CC=C[C@@H]2C1[Si](C)(C)N1c2ccccc2Nc2ccccc21. The van der Waals surface area contributed by atoms with Gasteiger partial charge in [0, 0.05) is 0 Å². The summed E-state index contributed by atoms with van der Waals surface area (Å²) < 4.78 is 2.76. The summed E-state index contributed by atoms with van der Waals surface area (Å²) in [6.45, 7) is 7.73. The largest absolute Gasteiger partial charge is 0.366 e. The number of hydrogen-bond donors (Lipinski definition) is 1. The van der Waals surface area contributed by atoms with Crippen LogP contribution in [0.4, 0.5) is 22.7 Å². The van der Waals surface area contributed by atoms with Crippen LogP contribution >= 0.6 is 0 Å². The molecular formula is C36H36N2Si. The predicted octanol–water partition coefficient (Wildman–Crippen LogP) is 10.0. The highest BCUT2D eigenvalue weighted by atomic mass is 28.3. The van der Waals surface area contributed by atoms with Crippen molar-refractivity contribution in [3.05, 3.63) is 127 Å². The maximum atomic E-state index is 3.71. The number of nitrogens with one attached hydrogen (secondary N) is 1. The number of benzene rings is 4. The third-order valence-corrected chi connectivity index (χ3v) is 13.6. The molecule has 3 aliphatic rings. The predicted molar refractivity (Wildman–Crippen MR) is 169 cm³/mol. The van der Waals surface area contributed by atoms with Gasteiger partial charge < -0.3 is 9.88 Å². The van der Waals surface area contributed by atoms with E-state index in [1.54, 1.807) is 0 Å². The molecule has 39 heavy (non-hydrogen) atoms. The second-order valence-electron chi connectivity index (χ2n) is 12.0. The van der Waals surface area contributed by atoms with Crippen molar-refractivity contribution in [2.45, 2.75) is 32.0 Å². The molecular weight excluding hydrogens is 488 g/mol. The second-order valence-corrected chi connectivity index (χ2v) is 16.4. The Morgan fingerprint density at radius 3 is 2.05 bits per heavy atom. The molecule has 0 bridgehead atoms. The Morgan fingerprint density at radius 2 is 1.33 bits per heavy atom. The first-order valence-corrected chi connectivity index (χ1v) is 17.3. The summed E-state index contributed by atoms with van der Waals surface area (Å²) in [7, 11) is -2.02. The molecule has 0 aromatic heterocycles. The van der Waals surface area contributed by atoms with Gasteiger partial charge in [0.25, 0.3) is 0 Å². The van der Waals surface area contributed by atoms with Gasteiger partial charge >= 0.3 is 0 Å². The van der Waals surface area contributed by atoms with Crippen molar-refractivity contribution in [2.75, 3.05) is 9.88 Å². The van der Waals surface area contributed by atoms with Gasteiger partial charge in [-0.3, -0.25) is 0 Å². The Balaban J connectivity index is 1.26. The number of para-hydroxylation sites is 4. The van der Waals surface area contributed by atoms with Crippen LogP contribution in [-0.4, -0.2) is 8.24 Å². The van der Waals surface area contributed by atoms with E-state index in [1.807, 2.05) is 0 Å². The number of nitrogens with zero attached hydrogens (tertiary/aromatic N) is 1. The van der Waals surface area contributed by atoms with Gasteiger partial charge in [-0.25, -0.2) is 0 Å². The van der Waals surface area contributed by atoms with Gasteiger partial charge in [-0.05, 0) is 82.3 Å². The van der Waals surface area contributed by atoms with Gasteiger partial charge in [-0.15, -0.1) is 0 Å². The third kappa shape index (κ3) is 3.99. The zero-order chi connectivity index (χ0) is 26.6. The van der Waals surface area contributed by atoms with Crippen LogP contribution in [0, 0.1) is 17.8 Å². The fraction of sp³-hybridized carbons (Fsp3) is 0.222. The Morgan fingerprint density at radius 1 is 0.718 bits per heavy atom. The summed E-state index contributed by atoms with van der Waals surface area (Å²) in [4.78, 5) is 0. The van der Waals surface area contributed by atoms with Crippen LogP contribution in [-0.2, 0) is 0 Å². The van der Waals surface area contributed by atoms with Crippen molar-refractivity contribution in [1.82, 2.24) is 0 Å². The Kier molecular flexibility index (Phi) is 5.86. The van der Waals surface area contributed by atoms with Gasteiger partial charge in [-0.1, -0.05) is 111 Å². The van der Waals surface area contributed by atoms with Crippen LogP contribution in [0.25, 0.3) is 16.7 Å². The highest BCUT2D eigenvalue weighted by Gasteiger charge is 2.53. The molecule has 4 aromatic rings. The lowest BCUT2D eigenvalue weighted by Crippen LogP contribution is -2.53. The van der Waals surface area contributed by atoms with E-state index in [4.69, 9.17) is 0 Å². The van der Waals surface area contributed by atoms with Crippen LogP contribution in [0.2, 0.25) is 18.6 Å². The number of hydrogen-bond acceptors (Lipinski definition) is 2. The molecule has 4 atom stereocenters. The first-order chi connectivity index (χ1) is 19.0. The van der Waals surface area contributed by atoms with Gasteiger partial charge in [0.05, 0.1) is 22.7 Å². The summed E-state index contributed by atoms with van der Waals surface area (Å²) in [5.41, 5.74) is 11.2. The summed E-state index contributed by atoms with van der Waals surface area (Å²) in [5.74, 6) is 1.76. The second kappa shape index (κ2) is 9.43. The quantitative estimate of drug-likeness (QED) is 0.267. The molecule has 2 nitrogen and oxygen atoms in total. The zero-order valence-corrected chi connectivity index (χ0v) is 24.0. The van der Waals surface area contributed by atoms with E-state index in [-0.39, 0.29) is 0 Å². The van der Waals surface area contributed by atoms with Gasteiger partial charge in [-0.2, -0.15) is 0 Å². The average Bonchev–Trinajstić information content (AvgIpc) is 3.33. The smallest absolute Gasteiger partial charge is 0.160 e. The fourth-order valence-electron chi connectivity index (χ4n) is 7.91. The van der Waals surface area contributed by atoms with E-state index in [1.165, 1.54) is 51.4 Å². The van der Waals surface area contributed by atoms with Gasteiger partial charge in [0.1, 0.15) is 0 Å². The third-order valence-electron chi connectivity index (χ3n) is 9.38. The van der Waals surface area contributed by atoms with Crippen LogP contribution < -0.4 is 9.88 Å². The highest BCUT2D eigenvalue weighted by molar-refractivity contribution is 6.84. The molecule has 0 saturated heterocycles. The first-order valence-electron chi connectivity index (χ1n) is 14.3. The van der Waals surface area contributed by atoms with Crippen LogP contribution in [0.1, 0.15) is 18.9 Å². The number of rotatable bonds is 4. The van der Waals surface area contributed by atoms with E-state index in [0.717, 1.165) is 0 Å². The van der Waals surface area contributed by atoms with Crippen LogP contribution in [0.5, 0.6) is 0 Å². The number of allylic oxidation sites excluding steroid dienone is 4. The van der Waals surface area contributed by atoms with Gasteiger partial charge in [0.15, 0.2) is 8.24 Å². The topological polar surface area (TPSA) is 15.3 Å². The van der Waals surface area contributed by atoms with Crippen LogP contribution in [0.3, 0.4) is 0 Å². The molecule has 1 saturated carbocycles. The Labute approximate surface area is 233 Å². The Hall–Kier alpha value is -3.82. The lowest BCUT2D eigenvalue weighted by atomic mass is 9.81. The molecule has 2 aliphatic carbocycles. The molecule has 194 valence electrons. The molecule has 1 aliphatic heterocycles. The van der Waals surface area contributed by atoms with Crippen molar-refractivity contribution in [1.29, 1.82) is 0 Å². The van der Waals surface area contributed by atoms with Crippen molar-refractivity contribution in [3.63, 3.8) is 0 Å². The summed E-state index contributed by atoms with van der Waals surface area (Å²) in [5, 5.41) is 3.71. The lowest BCUT2D eigenvalue weighted by Gasteiger charge is -2.49. The fourth-order valence-corrected chi connectivity index (χ4v) is 12.7. The average molecular weight is 525 g/mol. The Bertz CT molecular complexity index is 1540. The lowest BCUT2D eigenvalue weighted by molar-refractivity contribution is 0.550. The van der Waals surface area contributed by atoms with Gasteiger partial charge in [0.2, 0.25) is 0 Å². The molecule has 0 amide bonds. The molecule has 3 heteroatoms. The van der Waals surface area contributed by atoms with E-state index < -0.39 is 8.24 Å². The normalized spacial score (nSPS) is 23.4. The molecule has 1 unspecified atom stereocenters. The van der Waals surface area contributed by atoms with Crippen molar-refractivity contribution < 1.29 is 0 Å². The number of fused-ring (bicyclic) bond motifs is 3. The van der Waals surface area contributed by atoms with Crippen molar-refractivity contribution in [3.8, 4) is 11.1 Å². The van der Waals surface area contributed by atoms with E-state index in [2.05, 4.69) is 151 Å². The van der Waals surface area contributed by atoms with E-state index in [9.17, 15) is 0 Å². The summed E-state index contributed by atoms with van der Waals surface area (Å²) in [6.07, 6.45) is 8.52. The minimum absolute atomic E-state index is 0.552. The minimum atomic E-state index is -2.02. The van der Waals surface area contributed by atoms with E-state index in [0.29, 0.717) is 23.3 Å². The summed E-state index contributed by atoms with van der Waals surface area (Å²) in [6, 6.07) is 37.7. The molecule has 1 heterocycles. The monoisotopic (exact) mass is 524 g/mol. The van der Waals surface area contributed by atoms with Crippen molar-refractivity contribution in [2.24, 2.45) is 17.8 Å². The number of anilines is 4. The molecule has 0 radical (unpaired) electrons. The van der Waals surface area contributed by atoms with Crippen LogP contribution in [0.15, 0.2) is 121 Å². The van der Waals surface area contributed by atoms with Crippen molar-refractivity contribution >= 4 is 36.6 Å². The zero-order valence-electron chi connectivity index (χ0n) is 23.0. The maximum absolute atomic E-state index is 3.71. The molecule has 4 aromatic carbocycles. The maximum Gasteiger partial charge on any atom is 0.160 e. The molecule has 1 N–H and O–H groups in total. The standard InChI is InChI=1S/C36H36N2Si/c1-25-23-31-29(28-16-11-15-27(24-28)26-13-5-4-6-14-26)17-12-18-30(31)36(25)39(2,3)38-34-21-9-7-19-32(34)37-33-20-8-10-22-35(33)38/h4-22,24-25,30-31,36-37H,23H2,1-3H3/t25-,30+,31-,36?/m1/s1. The highest BCUT2D eigenvalue weighted by Crippen LogP contribution is 2.59. The molecule has 1 fully saturated rings. The summed E-state index contributed by atoms with van der Waals surface area (Å²) >= 11 is 0. The first kappa shape index (κ1) is 24.2.